The molecule has 0 spiro atoms. The summed E-state index contributed by atoms with van der Waals surface area (Å²) in [5.74, 6) is -1.03. The number of carbonyl (C=O) groups is 2. The Hall–Kier alpha value is -2.69. The van der Waals surface area contributed by atoms with Crippen LogP contribution in [0.4, 0.5) is 10.1 Å². The van der Waals surface area contributed by atoms with E-state index < -0.39 is 5.92 Å². The zero-order valence-corrected chi connectivity index (χ0v) is 14.5. The second kappa shape index (κ2) is 6.90. The standard InChI is InChI=1S/C21H21FN2O2/c22-16-7-4-8-17(12-16)24-13-15(11-20(24)25)21(26)23-19-10-3-6-14-5-1-2-9-18(14)19/h1-2,4-5,7-9,12,15,19H,3,6,10-11,13H2,(H,23,26). The van der Waals surface area contributed by atoms with Gasteiger partial charge in [-0.05, 0) is 48.6 Å². The summed E-state index contributed by atoms with van der Waals surface area (Å²) in [6, 6.07) is 14.1. The van der Waals surface area contributed by atoms with E-state index in [0.717, 1.165) is 19.3 Å². The van der Waals surface area contributed by atoms with E-state index in [2.05, 4.69) is 17.4 Å². The van der Waals surface area contributed by atoms with Crippen LogP contribution in [-0.4, -0.2) is 18.4 Å². The van der Waals surface area contributed by atoms with E-state index >= 15 is 0 Å². The number of anilines is 1. The maximum Gasteiger partial charge on any atom is 0.227 e. The Morgan fingerprint density at radius 1 is 1.15 bits per heavy atom. The third-order valence-electron chi connectivity index (χ3n) is 5.30. The zero-order valence-electron chi connectivity index (χ0n) is 14.5. The van der Waals surface area contributed by atoms with Gasteiger partial charge in [-0.2, -0.15) is 0 Å². The normalized spacial score (nSPS) is 22.2. The van der Waals surface area contributed by atoms with Crippen LogP contribution in [0.2, 0.25) is 0 Å². The first-order valence-corrected chi connectivity index (χ1v) is 9.06. The average molecular weight is 352 g/mol. The topological polar surface area (TPSA) is 49.4 Å². The molecule has 2 aliphatic rings. The number of halogens is 1. The van der Waals surface area contributed by atoms with Gasteiger partial charge in [-0.1, -0.05) is 30.3 Å². The molecule has 1 saturated heterocycles. The van der Waals surface area contributed by atoms with Gasteiger partial charge < -0.3 is 10.2 Å². The quantitative estimate of drug-likeness (QED) is 0.921. The van der Waals surface area contributed by atoms with Gasteiger partial charge in [0.2, 0.25) is 11.8 Å². The lowest BCUT2D eigenvalue weighted by Crippen LogP contribution is -2.36. The molecule has 0 radical (unpaired) electrons. The van der Waals surface area contributed by atoms with Crippen molar-refractivity contribution in [2.75, 3.05) is 11.4 Å². The molecule has 5 heteroatoms. The van der Waals surface area contributed by atoms with Gasteiger partial charge in [0, 0.05) is 18.7 Å². The predicted octanol–water partition coefficient (Wildman–Crippen LogP) is 3.37. The van der Waals surface area contributed by atoms with Crippen LogP contribution >= 0.6 is 0 Å². The van der Waals surface area contributed by atoms with E-state index in [-0.39, 0.29) is 30.1 Å². The van der Waals surface area contributed by atoms with Crippen LogP contribution in [0.25, 0.3) is 0 Å². The Bertz CT molecular complexity index is 851. The maximum atomic E-state index is 13.4. The summed E-state index contributed by atoms with van der Waals surface area (Å²) in [7, 11) is 0. The van der Waals surface area contributed by atoms with Gasteiger partial charge in [-0.3, -0.25) is 9.59 Å². The van der Waals surface area contributed by atoms with E-state index in [0.29, 0.717) is 12.2 Å². The number of amides is 2. The third kappa shape index (κ3) is 3.21. The Kier molecular flexibility index (Phi) is 4.45. The summed E-state index contributed by atoms with van der Waals surface area (Å²) in [6.07, 6.45) is 3.16. The lowest BCUT2D eigenvalue weighted by molar-refractivity contribution is -0.127. The minimum absolute atomic E-state index is 0.00534. The lowest BCUT2D eigenvalue weighted by Gasteiger charge is -2.27. The summed E-state index contributed by atoms with van der Waals surface area (Å²) in [5, 5.41) is 3.13. The smallest absolute Gasteiger partial charge is 0.227 e. The first-order valence-electron chi connectivity index (χ1n) is 9.06. The number of hydrogen-bond donors (Lipinski definition) is 1. The van der Waals surface area contributed by atoms with Crippen molar-refractivity contribution in [3.05, 3.63) is 65.5 Å². The fourth-order valence-corrected chi connectivity index (χ4v) is 3.97. The van der Waals surface area contributed by atoms with Crippen LogP contribution in [0.5, 0.6) is 0 Å². The van der Waals surface area contributed by atoms with Gasteiger partial charge in [-0.25, -0.2) is 4.39 Å². The first kappa shape index (κ1) is 16.8. The highest BCUT2D eigenvalue weighted by molar-refractivity contribution is 6.00. The first-order chi connectivity index (χ1) is 12.6. The molecular weight excluding hydrogens is 331 g/mol. The largest absolute Gasteiger partial charge is 0.349 e. The van der Waals surface area contributed by atoms with E-state index in [4.69, 9.17) is 0 Å². The van der Waals surface area contributed by atoms with Crippen LogP contribution in [0, 0.1) is 11.7 Å². The van der Waals surface area contributed by atoms with Crippen molar-refractivity contribution in [2.24, 2.45) is 5.92 Å². The molecule has 2 aromatic carbocycles. The monoisotopic (exact) mass is 352 g/mol. The van der Waals surface area contributed by atoms with Crippen molar-refractivity contribution in [2.45, 2.75) is 31.7 Å². The molecule has 4 nitrogen and oxygen atoms in total. The molecule has 0 aromatic heterocycles. The Balaban J connectivity index is 1.46. The number of nitrogens with zero attached hydrogens (tertiary/aromatic N) is 1. The van der Waals surface area contributed by atoms with Crippen molar-refractivity contribution >= 4 is 17.5 Å². The molecule has 1 N–H and O–H groups in total. The number of hydrogen-bond acceptors (Lipinski definition) is 2. The van der Waals surface area contributed by atoms with Crippen LogP contribution < -0.4 is 10.2 Å². The SMILES string of the molecule is O=C(NC1CCCc2ccccc21)C1CC(=O)N(c2cccc(F)c2)C1. The highest BCUT2D eigenvalue weighted by atomic mass is 19.1. The lowest BCUT2D eigenvalue weighted by atomic mass is 9.87. The van der Waals surface area contributed by atoms with E-state index in [9.17, 15) is 14.0 Å². The van der Waals surface area contributed by atoms with Gasteiger partial charge in [0.25, 0.3) is 0 Å². The minimum atomic E-state index is -0.403. The molecule has 2 aromatic rings. The van der Waals surface area contributed by atoms with Gasteiger partial charge in [-0.15, -0.1) is 0 Å². The molecule has 0 bridgehead atoms. The Morgan fingerprint density at radius 3 is 2.85 bits per heavy atom. The average Bonchev–Trinajstić information content (AvgIpc) is 3.04. The number of nitrogens with one attached hydrogen (secondary N) is 1. The molecule has 2 atom stereocenters. The zero-order chi connectivity index (χ0) is 18.1. The summed E-state index contributed by atoms with van der Waals surface area (Å²) in [6.45, 7) is 0.294. The van der Waals surface area contributed by atoms with Gasteiger partial charge in [0.05, 0.1) is 12.0 Å². The molecule has 1 fully saturated rings. The van der Waals surface area contributed by atoms with E-state index in [1.54, 1.807) is 12.1 Å². The fourth-order valence-electron chi connectivity index (χ4n) is 3.97. The summed E-state index contributed by atoms with van der Waals surface area (Å²) < 4.78 is 13.4. The van der Waals surface area contributed by atoms with E-state index in [1.807, 2.05) is 12.1 Å². The van der Waals surface area contributed by atoms with Gasteiger partial charge >= 0.3 is 0 Å². The number of fused-ring (bicyclic) bond motifs is 1. The Morgan fingerprint density at radius 2 is 2.00 bits per heavy atom. The summed E-state index contributed by atoms with van der Waals surface area (Å²) in [5.41, 5.74) is 2.97. The fraction of sp³-hybridized carbons (Fsp3) is 0.333. The van der Waals surface area contributed by atoms with Crippen molar-refractivity contribution in [3.63, 3.8) is 0 Å². The van der Waals surface area contributed by atoms with Crippen LogP contribution in [0.1, 0.15) is 36.4 Å². The molecule has 0 saturated carbocycles. The predicted molar refractivity (Wildman–Crippen MR) is 97.1 cm³/mol. The molecule has 2 unspecified atom stereocenters. The van der Waals surface area contributed by atoms with Crippen molar-refractivity contribution in [3.8, 4) is 0 Å². The maximum absolute atomic E-state index is 13.4. The molecule has 26 heavy (non-hydrogen) atoms. The minimum Gasteiger partial charge on any atom is -0.349 e. The van der Waals surface area contributed by atoms with E-state index in [1.165, 1.54) is 28.2 Å². The van der Waals surface area contributed by atoms with Crippen molar-refractivity contribution in [1.29, 1.82) is 0 Å². The molecule has 1 heterocycles. The molecule has 1 aliphatic heterocycles. The van der Waals surface area contributed by atoms with Crippen molar-refractivity contribution in [1.82, 2.24) is 5.32 Å². The molecule has 134 valence electrons. The number of rotatable bonds is 3. The molecular formula is C21H21FN2O2. The third-order valence-corrected chi connectivity index (χ3v) is 5.30. The number of carbonyl (C=O) groups excluding carboxylic acids is 2. The summed E-state index contributed by atoms with van der Waals surface area (Å²) in [4.78, 5) is 26.6. The number of benzene rings is 2. The molecule has 1 aliphatic carbocycles. The van der Waals surface area contributed by atoms with Crippen molar-refractivity contribution < 1.29 is 14.0 Å². The molecule has 2 amide bonds. The second-order valence-electron chi connectivity index (χ2n) is 7.04. The highest BCUT2D eigenvalue weighted by Gasteiger charge is 2.36. The summed E-state index contributed by atoms with van der Waals surface area (Å²) >= 11 is 0. The Labute approximate surface area is 152 Å². The van der Waals surface area contributed by atoms with Gasteiger partial charge in [0.1, 0.15) is 5.82 Å². The van der Waals surface area contributed by atoms with Crippen LogP contribution in [0.3, 0.4) is 0 Å². The van der Waals surface area contributed by atoms with Crippen LogP contribution in [-0.2, 0) is 16.0 Å². The second-order valence-corrected chi connectivity index (χ2v) is 7.04. The number of aryl methyl sites for hydroxylation is 1. The highest BCUT2D eigenvalue weighted by Crippen LogP contribution is 2.31. The van der Waals surface area contributed by atoms with Gasteiger partial charge in [0.15, 0.2) is 0 Å². The van der Waals surface area contributed by atoms with Crippen LogP contribution in [0.15, 0.2) is 48.5 Å². The molecule has 4 rings (SSSR count).